The van der Waals surface area contributed by atoms with Crippen LogP contribution in [0.5, 0.6) is 11.5 Å². The average molecular weight is 305 g/mol. The molecule has 0 saturated heterocycles. The lowest BCUT2D eigenvalue weighted by Gasteiger charge is -2.12. The Hall–Kier alpha value is -1.27. The van der Waals surface area contributed by atoms with Crippen LogP contribution in [-0.2, 0) is 16.1 Å². The standard InChI is InChI=1S/C11H13BrO5/c1-15-9-4-8(12)10(16-2)3-7(9)5-17-6-11(13)14/h3-4H,5-6H2,1-2H3,(H,13,14). The van der Waals surface area contributed by atoms with E-state index in [1.54, 1.807) is 19.2 Å². The zero-order chi connectivity index (χ0) is 12.8. The number of aliphatic carboxylic acids is 1. The minimum atomic E-state index is -1.01. The van der Waals surface area contributed by atoms with Crippen molar-refractivity contribution in [1.29, 1.82) is 0 Å². The Labute approximate surface area is 107 Å². The quantitative estimate of drug-likeness (QED) is 0.871. The van der Waals surface area contributed by atoms with Gasteiger partial charge in [-0.2, -0.15) is 0 Å². The third-order valence-corrected chi connectivity index (χ3v) is 2.66. The highest BCUT2D eigenvalue weighted by Gasteiger charge is 2.10. The molecule has 0 saturated carbocycles. The summed E-state index contributed by atoms with van der Waals surface area (Å²) < 4.78 is 16.1. The molecule has 1 aromatic carbocycles. The van der Waals surface area contributed by atoms with E-state index in [1.165, 1.54) is 7.11 Å². The molecule has 0 aromatic heterocycles. The molecule has 0 aliphatic rings. The minimum absolute atomic E-state index is 0.152. The zero-order valence-corrected chi connectivity index (χ0v) is 11.1. The number of benzene rings is 1. The van der Waals surface area contributed by atoms with Crippen LogP contribution < -0.4 is 9.47 Å². The first-order valence-electron chi connectivity index (χ1n) is 4.78. The first-order valence-corrected chi connectivity index (χ1v) is 5.57. The molecule has 1 N–H and O–H groups in total. The maximum atomic E-state index is 10.3. The van der Waals surface area contributed by atoms with E-state index in [1.807, 2.05) is 0 Å². The van der Waals surface area contributed by atoms with Crippen LogP contribution in [0, 0.1) is 0 Å². The lowest BCUT2D eigenvalue weighted by atomic mass is 10.2. The molecule has 94 valence electrons. The van der Waals surface area contributed by atoms with E-state index in [9.17, 15) is 4.79 Å². The number of ether oxygens (including phenoxy) is 3. The molecule has 0 spiro atoms. The van der Waals surface area contributed by atoms with Gasteiger partial charge < -0.3 is 19.3 Å². The fourth-order valence-electron chi connectivity index (χ4n) is 1.28. The van der Waals surface area contributed by atoms with Crippen LogP contribution in [0.1, 0.15) is 5.56 Å². The molecule has 0 aliphatic heterocycles. The summed E-state index contributed by atoms with van der Waals surface area (Å²) in [6.07, 6.45) is 0. The molecule has 0 amide bonds. The smallest absolute Gasteiger partial charge is 0.329 e. The number of carboxylic acids is 1. The molecule has 0 fully saturated rings. The largest absolute Gasteiger partial charge is 0.496 e. The van der Waals surface area contributed by atoms with Gasteiger partial charge in [-0.1, -0.05) is 0 Å². The van der Waals surface area contributed by atoms with Crippen molar-refractivity contribution in [3.05, 3.63) is 22.2 Å². The molecule has 0 radical (unpaired) electrons. The van der Waals surface area contributed by atoms with Crippen molar-refractivity contribution < 1.29 is 24.1 Å². The van der Waals surface area contributed by atoms with Gasteiger partial charge in [0, 0.05) is 5.56 Å². The normalized spacial score (nSPS) is 10.1. The van der Waals surface area contributed by atoms with Crippen molar-refractivity contribution >= 4 is 21.9 Å². The van der Waals surface area contributed by atoms with E-state index in [0.29, 0.717) is 11.5 Å². The van der Waals surface area contributed by atoms with Crippen LogP contribution in [0.15, 0.2) is 16.6 Å². The number of halogens is 1. The van der Waals surface area contributed by atoms with Gasteiger partial charge in [-0.3, -0.25) is 0 Å². The van der Waals surface area contributed by atoms with Crippen molar-refractivity contribution in [2.75, 3.05) is 20.8 Å². The van der Waals surface area contributed by atoms with Crippen LogP contribution in [0.25, 0.3) is 0 Å². The summed E-state index contributed by atoms with van der Waals surface area (Å²) >= 11 is 3.33. The molecule has 0 aliphatic carbocycles. The number of rotatable bonds is 6. The first-order chi connectivity index (χ1) is 8.08. The zero-order valence-electron chi connectivity index (χ0n) is 9.53. The Kier molecular flexibility index (Phi) is 5.24. The van der Waals surface area contributed by atoms with Gasteiger partial charge in [-0.05, 0) is 28.1 Å². The number of hydrogen-bond acceptors (Lipinski definition) is 4. The van der Waals surface area contributed by atoms with E-state index in [-0.39, 0.29) is 13.2 Å². The molecule has 17 heavy (non-hydrogen) atoms. The minimum Gasteiger partial charge on any atom is -0.496 e. The molecule has 0 unspecified atom stereocenters. The van der Waals surface area contributed by atoms with Gasteiger partial charge in [-0.25, -0.2) is 4.79 Å². The van der Waals surface area contributed by atoms with E-state index in [4.69, 9.17) is 19.3 Å². The van der Waals surface area contributed by atoms with Crippen LogP contribution in [0.2, 0.25) is 0 Å². The van der Waals surface area contributed by atoms with Crippen LogP contribution in [-0.4, -0.2) is 31.9 Å². The Balaban J connectivity index is 2.84. The molecule has 0 heterocycles. The molecule has 0 atom stereocenters. The second kappa shape index (κ2) is 6.46. The van der Waals surface area contributed by atoms with Gasteiger partial charge in [-0.15, -0.1) is 0 Å². The molecule has 1 aromatic rings. The third-order valence-electron chi connectivity index (χ3n) is 2.04. The Morgan fingerprint density at radius 2 is 1.94 bits per heavy atom. The van der Waals surface area contributed by atoms with Crippen LogP contribution >= 0.6 is 15.9 Å². The number of carbonyl (C=O) groups is 1. The molecule has 0 bridgehead atoms. The fourth-order valence-corrected chi connectivity index (χ4v) is 1.77. The summed E-state index contributed by atoms with van der Waals surface area (Å²) in [4.78, 5) is 10.3. The van der Waals surface area contributed by atoms with Gasteiger partial charge in [0.15, 0.2) is 0 Å². The number of methoxy groups -OCH3 is 2. The van der Waals surface area contributed by atoms with Gasteiger partial charge in [0.25, 0.3) is 0 Å². The molecule has 6 heteroatoms. The van der Waals surface area contributed by atoms with Crippen molar-refractivity contribution in [1.82, 2.24) is 0 Å². The predicted molar refractivity (Wildman–Crippen MR) is 64.5 cm³/mol. The molecular weight excluding hydrogens is 292 g/mol. The van der Waals surface area contributed by atoms with Crippen LogP contribution in [0.3, 0.4) is 0 Å². The van der Waals surface area contributed by atoms with Gasteiger partial charge in [0.1, 0.15) is 18.1 Å². The molecule has 1 rings (SSSR count). The Morgan fingerprint density at radius 1 is 1.29 bits per heavy atom. The maximum Gasteiger partial charge on any atom is 0.329 e. The predicted octanol–water partition coefficient (Wildman–Crippen LogP) is 2.07. The summed E-state index contributed by atoms with van der Waals surface area (Å²) in [5, 5.41) is 8.47. The Morgan fingerprint density at radius 3 is 2.47 bits per heavy atom. The van der Waals surface area contributed by atoms with Crippen molar-refractivity contribution in [2.45, 2.75) is 6.61 Å². The van der Waals surface area contributed by atoms with Gasteiger partial charge in [0.2, 0.25) is 0 Å². The second-order valence-corrected chi connectivity index (χ2v) is 4.04. The summed E-state index contributed by atoms with van der Waals surface area (Å²) in [5.41, 5.74) is 0.730. The summed E-state index contributed by atoms with van der Waals surface area (Å²) in [6.45, 7) is -0.194. The summed E-state index contributed by atoms with van der Waals surface area (Å²) in [6, 6.07) is 3.49. The van der Waals surface area contributed by atoms with E-state index >= 15 is 0 Å². The highest BCUT2D eigenvalue weighted by Crippen LogP contribution is 2.33. The number of carboxylic acid groups (broad SMARTS) is 1. The maximum absolute atomic E-state index is 10.3. The summed E-state index contributed by atoms with van der Waals surface area (Å²) in [5.74, 6) is 0.246. The van der Waals surface area contributed by atoms with Crippen molar-refractivity contribution in [2.24, 2.45) is 0 Å². The first kappa shape index (κ1) is 13.8. The van der Waals surface area contributed by atoms with Crippen molar-refractivity contribution in [3.8, 4) is 11.5 Å². The highest BCUT2D eigenvalue weighted by atomic mass is 79.9. The lowest BCUT2D eigenvalue weighted by Crippen LogP contribution is -2.07. The fraction of sp³-hybridized carbons (Fsp3) is 0.364. The van der Waals surface area contributed by atoms with Gasteiger partial charge >= 0.3 is 5.97 Å². The number of hydrogen-bond donors (Lipinski definition) is 1. The Bertz CT molecular complexity index is 405. The SMILES string of the molecule is COc1cc(COCC(=O)O)c(OC)cc1Br. The van der Waals surface area contributed by atoms with E-state index < -0.39 is 5.97 Å². The van der Waals surface area contributed by atoms with Crippen molar-refractivity contribution in [3.63, 3.8) is 0 Å². The van der Waals surface area contributed by atoms with E-state index in [2.05, 4.69) is 15.9 Å². The average Bonchev–Trinajstić information content (AvgIpc) is 2.30. The molecule has 5 nitrogen and oxygen atoms in total. The second-order valence-electron chi connectivity index (χ2n) is 3.19. The summed E-state index contributed by atoms with van der Waals surface area (Å²) in [7, 11) is 3.09. The van der Waals surface area contributed by atoms with Crippen LogP contribution in [0.4, 0.5) is 0 Å². The highest BCUT2D eigenvalue weighted by molar-refractivity contribution is 9.10. The van der Waals surface area contributed by atoms with E-state index in [0.717, 1.165) is 10.0 Å². The topological polar surface area (TPSA) is 65.0 Å². The lowest BCUT2D eigenvalue weighted by molar-refractivity contribution is -0.142. The molecular formula is C11H13BrO5. The monoisotopic (exact) mass is 304 g/mol. The third kappa shape index (κ3) is 3.90. The van der Waals surface area contributed by atoms with Gasteiger partial charge in [0.05, 0.1) is 25.3 Å².